The van der Waals surface area contributed by atoms with E-state index in [0.717, 1.165) is 5.69 Å². The van der Waals surface area contributed by atoms with Crippen molar-refractivity contribution in [2.75, 3.05) is 5.73 Å². The van der Waals surface area contributed by atoms with Crippen LogP contribution in [0.5, 0.6) is 0 Å². The first-order valence-corrected chi connectivity index (χ1v) is 8.42. The van der Waals surface area contributed by atoms with Crippen LogP contribution >= 0.6 is 0 Å². The second-order valence-electron chi connectivity index (χ2n) is 5.46. The summed E-state index contributed by atoms with van der Waals surface area (Å²) in [4.78, 5) is 0. The minimum absolute atomic E-state index is 0.817. The van der Waals surface area contributed by atoms with E-state index >= 15 is 0 Å². The van der Waals surface area contributed by atoms with Gasteiger partial charge in [-0.3, -0.25) is 0 Å². The largest absolute Gasteiger partial charge is 0.399 e. The lowest BCUT2D eigenvalue weighted by Gasteiger charge is -2.02. The van der Waals surface area contributed by atoms with E-state index in [9.17, 15) is 0 Å². The summed E-state index contributed by atoms with van der Waals surface area (Å²) in [6, 6.07) is 29.0. The molecule has 0 aliphatic heterocycles. The summed E-state index contributed by atoms with van der Waals surface area (Å²) in [6.07, 6.45) is 0. The highest BCUT2D eigenvalue weighted by molar-refractivity contribution is 5.99. The number of hydrogen-bond acceptors (Lipinski definition) is 1. The average molecular weight is 315 g/mol. The quantitative estimate of drug-likeness (QED) is 0.287. The molecule has 0 saturated heterocycles. The zero-order valence-corrected chi connectivity index (χ0v) is 14.7. The summed E-state index contributed by atoms with van der Waals surface area (Å²) < 4.78 is 0. The fourth-order valence-electron chi connectivity index (χ4n) is 2.49. The predicted octanol–water partition coefficient (Wildman–Crippen LogP) is 6.60. The predicted molar refractivity (Wildman–Crippen MR) is 108 cm³/mol. The molecule has 1 heteroatoms. The Hall–Kier alpha value is -2.80. The third-order valence-corrected chi connectivity index (χ3v) is 3.67. The Morgan fingerprint density at radius 3 is 1.58 bits per heavy atom. The van der Waals surface area contributed by atoms with E-state index in [4.69, 9.17) is 5.73 Å². The molecule has 0 aliphatic carbocycles. The van der Waals surface area contributed by atoms with Gasteiger partial charge in [0.05, 0.1) is 0 Å². The first-order valence-electron chi connectivity index (χ1n) is 8.42. The summed E-state index contributed by atoms with van der Waals surface area (Å²) in [7, 11) is 0. The van der Waals surface area contributed by atoms with Gasteiger partial charge in [0.1, 0.15) is 0 Å². The van der Waals surface area contributed by atoms with Gasteiger partial charge in [0.25, 0.3) is 0 Å². The first kappa shape index (κ1) is 17.6. The van der Waals surface area contributed by atoms with Gasteiger partial charge >= 0.3 is 0 Å². The molecule has 1 nitrogen and oxygen atoms in total. The fourth-order valence-corrected chi connectivity index (χ4v) is 2.49. The lowest BCUT2D eigenvalue weighted by molar-refractivity contribution is 1.48. The number of nitrogen functional groups attached to an aromatic ring is 1. The molecule has 0 saturated carbocycles. The molecule has 0 spiro atoms. The summed E-state index contributed by atoms with van der Waals surface area (Å²) >= 11 is 0. The van der Waals surface area contributed by atoms with E-state index in [1.807, 2.05) is 44.2 Å². The molecule has 0 aliphatic rings. The maximum Gasteiger partial charge on any atom is 0.0320 e. The molecule has 2 N–H and O–H groups in total. The lowest BCUT2D eigenvalue weighted by atomic mass is 10.0. The number of rotatable bonds is 0. The van der Waals surface area contributed by atoms with Crippen molar-refractivity contribution < 1.29 is 0 Å². The van der Waals surface area contributed by atoms with E-state index in [1.54, 1.807) is 0 Å². The van der Waals surface area contributed by atoms with Gasteiger partial charge in [0.15, 0.2) is 0 Å². The van der Waals surface area contributed by atoms with Crippen molar-refractivity contribution in [2.45, 2.75) is 20.8 Å². The van der Waals surface area contributed by atoms with Crippen LogP contribution in [-0.2, 0) is 0 Å². The Kier molecular flexibility index (Phi) is 6.39. The van der Waals surface area contributed by atoms with Gasteiger partial charge in [0, 0.05) is 5.69 Å². The second kappa shape index (κ2) is 8.73. The van der Waals surface area contributed by atoms with Crippen LogP contribution in [0.15, 0.2) is 84.9 Å². The van der Waals surface area contributed by atoms with E-state index in [2.05, 4.69) is 61.5 Å². The van der Waals surface area contributed by atoms with Crippen molar-refractivity contribution in [3.63, 3.8) is 0 Å². The van der Waals surface area contributed by atoms with Crippen molar-refractivity contribution in [1.29, 1.82) is 0 Å². The SMILES string of the molecule is CC.Cc1ccccc1.Nc1ccc2cc3ccccc3cc2c1. The third kappa shape index (κ3) is 4.60. The number of aryl methyl sites for hydroxylation is 1. The topological polar surface area (TPSA) is 26.0 Å². The highest BCUT2D eigenvalue weighted by Gasteiger charge is 1.97. The molecule has 0 bridgehead atoms. The minimum Gasteiger partial charge on any atom is -0.399 e. The van der Waals surface area contributed by atoms with Crippen LogP contribution in [0.25, 0.3) is 21.5 Å². The summed E-state index contributed by atoms with van der Waals surface area (Å²) in [6.45, 7) is 6.08. The van der Waals surface area contributed by atoms with Crippen molar-refractivity contribution in [2.24, 2.45) is 0 Å². The summed E-state index contributed by atoms with van der Waals surface area (Å²) in [5, 5.41) is 4.97. The molecule has 0 aromatic heterocycles. The smallest absolute Gasteiger partial charge is 0.0320 e. The van der Waals surface area contributed by atoms with Crippen molar-refractivity contribution in [1.82, 2.24) is 0 Å². The zero-order valence-electron chi connectivity index (χ0n) is 14.7. The molecule has 0 radical (unpaired) electrons. The van der Waals surface area contributed by atoms with Gasteiger partial charge < -0.3 is 5.73 Å². The maximum atomic E-state index is 5.77. The van der Waals surface area contributed by atoms with Crippen LogP contribution in [0.1, 0.15) is 19.4 Å². The highest BCUT2D eigenvalue weighted by atomic mass is 14.5. The molecule has 4 rings (SSSR count). The molecule has 0 fully saturated rings. The number of benzene rings is 4. The number of fused-ring (bicyclic) bond motifs is 2. The molecule has 4 aromatic rings. The zero-order chi connectivity index (χ0) is 17.4. The van der Waals surface area contributed by atoms with Gasteiger partial charge in [-0.05, 0) is 52.7 Å². The third-order valence-electron chi connectivity index (χ3n) is 3.67. The molecule has 0 atom stereocenters. The van der Waals surface area contributed by atoms with E-state index in [-0.39, 0.29) is 0 Å². The van der Waals surface area contributed by atoms with Crippen molar-refractivity contribution in [3.8, 4) is 0 Å². The number of anilines is 1. The van der Waals surface area contributed by atoms with E-state index < -0.39 is 0 Å². The molecule has 4 aromatic carbocycles. The van der Waals surface area contributed by atoms with Crippen LogP contribution < -0.4 is 5.73 Å². The fraction of sp³-hybridized carbons (Fsp3) is 0.130. The van der Waals surface area contributed by atoms with Gasteiger partial charge in [-0.2, -0.15) is 0 Å². The average Bonchev–Trinajstić information content (AvgIpc) is 2.63. The van der Waals surface area contributed by atoms with Crippen molar-refractivity contribution in [3.05, 3.63) is 90.5 Å². The van der Waals surface area contributed by atoms with Crippen LogP contribution in [0, 0.1) is 6.92 Å². The summed E-state index contributed by atoms with van der Waals surface area (Å²) in [5.74, 6) is 0. The standard InChI is InChI=1S/C14H11N.C7H8.C2H6/c15-14-6-5-12-7-10-3-1-2-4-11(10)8-13(12)9-14;1-7-5-3-2-4-6-7;1-2/h1-9H,15H2;2-6H,1H3;1-2H3. The number of hydrogen-bond donors (Lipinski definition) is 1. The Bertz CT molecular complexity index is 895. The van der Waals surface area contributed by atoms with E-state index in [0.29, 0.717) is 0 Å². The van der Waals surface area contributed by atoms with Crippen LogP contribution in [0.2, 0.25) is 0 Å². The summed E-state index contributed by atoms with van der Waals surface area (Å²) in [5.41, 5.74) is 7.91. The Labute approximate surface area is 144 Å². The monoisotopic (exact) mass is 315 g/mol. The van der Waals surface area contributed by atoms with E-state index in [1.165, 1.54) is 27.1 Å². The number of nitrogens with two attached hydrogens (primary N) is 1. The minimum atomic E-state index is 0.817. The lowest BCUT2D eigenvalue weighted by Crippen LogP contribution is -1.83. The van der Waals surface area contributed by atoms with Gasteiger partial charge in [-0.1, -0.05) is 80.1 Å². The Morgan fingerprint density at radius 2 is 1.04 bits per heavy atom. The highest BCUT2D eigenvalue weighted by Crippen LogP contribution is 2.24. The van der Waals surface area contributed by atoms with Crippen molar-refractivity contribution >= 4 is 27.2 Å². The van der Waals surface area contributed by atoms with Crippen LogP contribution in [0.4, 0.5) is 5.69 Å². The normalized spacial score (nSPS) is 9.62. The first-order chi connectivity index (χ1) is 11.7. The molecule has 24 heavy (non-hydrogen) atoms. The molecular weight excluding hydrogens is 290 g/mol. The Morgan fingerprint density at radius 1 is 0.542 bits per heavy atom. The second-order valence-corrected chi connectivity index (χ2v) is 5.46. The van der Waals surface area contributed by atoms with Crippen LogP contribution in [0.3, 0.4) is 0 Å². The molecule has 0 heterocycles. The molecular formula is C23H25N. The maximum absolute atomic E-state index is 5.77. The molecule has 122 valence electrons. The Balaban J connectivity index is 0.000000196. The van der Waals surface area contributed by atoms with Gasteiger partial charge in [-0.15, -0.1) is 0 Å². The molecule has 0 unspecified atom stereocenters. The van der Waals surface area contributed by atoms with Gasteiger partial charge in [-0.25, -0.2) is 0 Å². The van der Waals surface area contributed by atoms with Gasteiger partial charge in [0.2, 0.25) is 0 Å². The molecule has 0 amide bonds. The van der Waals surface area contributed by atoms with Crippen LogP contribution in [-0.4, -0.2) is 0 Å².